The molecule has 1 atom stereocenters. The molecule has 0 saturated heterocycles. The van der Waals surface area contributed by atoms with Crippen molar-refractivity contribution in [1.82, 2.24) is 0 Å². The van der Waals surface area contributed by atoms with E-state index in [1.165, 1.54) is 0 Å². The third kappa shape index (κ3) is 4.60. The molecule has 0 radical (unpaired) electrons. The van der Waals surface area contributed by atoms with Crippen LogP contribution in [0.15, 0.2) is 0 Å². The predicted molar refractivity (Wildman–Crippen MR) is 66.4 cm³/mol. The Morgan fingerprint density at radius 2 is 1.62 bits per heavy atom. The van der Waals surface area contributed by atoms with E-state index in [0.29, 0.717) is 0 Å². The average Bonchev–Trinajstić information content (AvgIpc) is 2.51. The highest BCUT2D eigenvalue weighted by atomic mass is 31.2. The molecule has 0 aromatic rings. The highest BCUT2D eigenvalue weighted by Crippen LogP contribution is 2.61. The minimum absolute atomic E-state index is 0.641. The summed E-state index contributed by atoms with van der Waals surface area (Å²) in [5.41, 5.74) is 0. The van der Waals surface area contributed by atoms with Crippen LogP contribution in [0.1, 0.15) is 6.42 Å². The molecule has 0 heterocycles. The molecule has 120 valence electrons. The van der Waals surface area contributed by atoms with Gasteiger partial charge in [-0.05, 0) is 0 Å². The molecule has 0 saturated carbocycles. The maximum Gasteiger partial charge on any atom is 0.509 e. The Hall–Kier alpha value is -1.82. The van der Waals surface area contributed by atoms with Crippen molar-refractivity contribution in [2.45, 2.75) is 11.8 Å². The summed E-state index contributed by atoms with van der Waals surface area (Å²) in [5.74, 6) is 0. The minimum atomic E-state index is -4.15. The van der Waals surface area contributed by atoms with Crippen LogP contribution in [0, 0.1) is 11.3 Å². The molecule has 21 heavy (non-hydrogen) atoms. The van der Waals surface area contributed by atoms with Crippen molar-refractivity contribution < 1.29 is 42.1 Å². The Balaban J connectivity index is 5.64. The number of ether oxygens (including phenoxy) is 4. The van der Waals surface area contributed by atoms with Crippen LogP contribution >= 0.6 is 7.60 Å². The molecule has 0 N–H and O–H groups in total. The monoisotopic (exact) mass is 325 g/mol. The fourth-order valence-electron chi connectivity index (χ4n) is 1.31. The Labute approximate surface area is 121 Å². The van der Waals surface area contributed by atoms with Crippen LogP contribution in [-0.2, 0) is 32.6 Å². The molecule has 11 heteroatoms. The first kappa shape index (κ1) is 19.2. The summed E-state index contributed by atoms with van der Waals surface area (Å²) < 4.78 is 40.0. The summed E-state index contributed by atoms with van der Waals surface area (Å²) in [6, 6.07) is 1.66. The third-order valence-electron chi connectivity index (χ3n) is 2.36. The molecule has 10 nitrogen and oxygen atoms in total. The lowest BCUT2D eigenvalue weighted by molar-refractivity contribution is -0.0384. The van der Waals surface area contributed by atoms with Crippen molar-refractivity contribution in [3.05, 3.63) is 0 Å². The normalized spacial score (nSPS) is 13.5. The van der Waals surface area contributed by atoms with Crippen LogP contribution in [0.4, 0.5) is 9.59 Å². The van der Waals surface area contributed by atoms with Crippen molar-refractivity contribution in [3.63, 3.8) is 0 Å². The number of nitrogens with zero attached hydrogens (tertiary/aromatic N) is 1. The van der Waals surface area contributed by atoms with E-state index >= 15 is 0 Å². The van der Waals surface area contributed by atoms with Gasteiger partial charge in [-0.25, -0.2) is 9.59 Å². The molecule has 0 aromatic carbocycles. The van der Waals surface area contributed by atoms with Crippen molar-refractivity contribution >= 4 is 19.9 Å². The van der Waals surface area contributed by atoms with E-state index in [2.05, 4.69) is 14.2 Å². The first-order chi connectivity index (χ1) is 9.84. The van der Waals surface area contributed by atoms with Crippen LogP contribution in [0.3, 0.4) is 0 Å². The maximum atomic E-state index is 12.6. The molecule has 1 unspecified atom stereocenters. The number of hydrogen-bond donors (Lipinski definition) is 0. The summed E-state index contributed by atoms with van der Waals surface area (Å²) in [4.78, 5) is 22.4. The van der Waals surface area contributed by atoms with Crippen LogP contribution in [0.5, 0.6) is 0 Å². The second-order valence-electron chi connectivity index (χ2n) is 3.44. The minimum Gasteiger partial charge on any atom is -0.438 e. The van der Waals surface area contributed by atoms with E-state index in [1.807, 2.05) is 0 Å². The van der Waals surface area contributed by atoms with Gasteiger partial charge in [0, 0.05) is 14.2 Å². The molecule has 0 rings (SSSR count). The topological polar surface area (TPSA) is 130 Å². The Bertz CT molecular complexity index is 452. The average molecular weight is 325 g/mol. The molecule has 0 aromatic heterocycles. The van der Waals surface area contributed by atoms with Crippen LogP contribution in [-0.4, -0.2) is 52.7 Å². The second kappa shape index (κ2) is 8.46. The van der Waals surface area contributed by atoms with Gasteiger partial charge in [0.05, 0.1) is 26.7 Å². The van der Waals surface area contributed by atoms with Crippen molar-refractivity contribution in [1.29, 1.82) is 5.26 Å². The largest absolute Gasteiger partial charge is 0.509 e. The van der Waals surface area contributed by atoms with Gasteiger partial charge in [-0.3, -0.25) is 4.57 Å². The smallest absolute Gasteiger partial charge is 0.438 e. The van der Waals surface area contributed by atoms with Gasteiger partial charge in [-0.2, -0.15) is 5.26 Å². The van der Waals surface area contributed by atoms with Gasteiger partial charge in [0.1, 0.15) is 6.61 Å². The molecule has 0 spiro atoms. The summed E-state index contributed by atoms with van der Waals surface area (Å²) in [6.07, 6.45) is -3.03. The van der Waals surface area contributed by atoms with Gasteiger partial charge < -0.3 is 28.0 Å². The molecule has 0 aliphatic heterocycles. The number of nitriles is 1. The molecular formula is C10H16NO9P. The lowest BCUT2D eigenvalue weighted by Gasteiger charge is -2.33. The molecule has 0 aliphatic rings. The summed E-state index contributed by atoms with van der Waals surface area (Å²) in [6.45, 7) is -0.790. The first-order valence-electron chi connectivity index (χ1n) is 5.41. The van der Waals surface area contributed by atoms with Crippen LogP contribution in [0.25, 0.3) is 0 Å². The fourth-order valence-corrected chi connectivity index (χ4v) is 2.79. The van der Waals surface area contributed by atoms with Crippen molar-refractivity contribution in [2.75, 3.05) is 35.0 Å². The Morgan fingerprint density at radius 3 is 2.00 bits per heavy atom. The second-order valence-corrected chi connectivity index (χ2v) is 5.98. The maximum absolute atomic E-state index is 12.6. The zero-order valence-electron chi connectivity index (χ0n) is 12.0. The summed E-state index contributed by atoms with van der Waals surface area (Å²) in [5, 5.41) is 6.69. The standard InChI is InChI=1S/C10H16NO9P/c1-15-8(12)19-7-10(5-6-11,20-9(13)16-2)21(14,17-3)18-4/h5,7H2,1-4H3. The summed E-state index contributed by atoms with van der Waals surface area (Å²) in [7, 11) is -0.0564. The number of carbonyl (C=O) groups excluding carboxylic acids is 2. The quantitative estimate of drug-likeness (QED) is 0.502. The van der Waals surface area contributed by atoms with Crippen LogP contribution < -0.4 is 0 Å². The SMILES string of the molecule is COC(=O)OCC(CC#N)(OC(=O)OC)P(=O)(OC)OC. The van der Waals surface area contributed by atoms with Gasteiger partial charge in [0.15, 0.2) is 0 Å². The fraction of sp³-hybridized carbons (Fsp3) is 0.700. The van der Waals surface area contributed by atoms with E-state index in [1.54, 1.807) is 6.07 Å². The van der Waals surface area contributed by atoms with Crippen molar-refractivity contribution in [2.24, 2.45) is 0 Å². The van der Waals surface area contributed by atoms with Gasteiger partial charge in [-0.1, -0.05) is 0 Å². The molecule has 0 aliphatic carbocycles. The van der Waals surface area contributed by atoms with Crippen molar-refractivity contribution in [3.8, 4) is 6.07 Å². The van der Waals surface area contributed by atoms with Gasteiger partial charge in [0.25, 0.3) is 5.34 Å². The molecule has 0 bridgehead atoms. The number of hydrogen-bond acceptors (Lipinski definition) is 10. The van der Waals surface area contributed by atoms with Gasteiger partial charge >= 0.3 is 19.9 Å². The van der Waals surface area contributed by atoms with E-state index < -0.39 is 38.3 Å². The van der Waals surface area contributed by atoms with E-state index in [-0.39, 0.29) is 0 Å². The highest BCUT2D eigenvalue weighted by molar-refractivity contribution is 7.55. The van der Waals surface area contributed by atoms with E-state index in [9.17, 15) is 14.2 Å². The van der Waals surface area contributed by atoms with Gasteiger partial charge in [-0.15, -0.1) is 0 Å². The first-order valence-corrected chi connectivity index (χ1v) is 6.95. The Morgan fingerprint density at radius 1 is 1.10 bits per heavy atom. The molecular weight excluding hydrogens is 309 g/mol. The lowest BCUT2D eigenvalue weighted by Crippen LogP contribution is -2.41. The predicted octanol–water partition coefficient (Wildman–Crippen LogP) is 1.65. The van der Waals surface area contributed by atoms with E-state index in [0.717, 1.165) is 28.4 Å². The van der Waals surface area contributed by atoms with Gasteiger partial charge in [0.2, 0.25) is 0 Å². The van der Waals surface area contributed by atoms with E-state index in [4.69, 9.17) is 19.0 Å². The molecule has 0 amide bonds. The zero-order valence-corrected chi connectivity index (χ0v) is 12.9. The number of methoxy groups -OCH3 is 2. The molecule has 0 fully saturated rings. The highest BCUT2D eigenvalue weighted by Gasteiger charge is 2.56. The number of carbonyl (C=O) groups is 2. The summed E-state index contributed by atoms with van der Waals surface area (Å²) >= 11 is 0. The van der Waals surface area contributed by atoms with Crippen LogP contribution in [0.2, 0.25) is 0 Å². The zero-order chi connectivity index (χ0) is 16.5. The Kier molecular flexibility index (Phi) is 7.73. The number of rotatable bonds is 7. The lowest BCUT2D eigenvalue weighted by atomic mass is 10.3. The third-order valence-corrected chi connectivity index (χ3v) is 4.70.